The molecule has 0 aromatic heterocycles. The molecular weight excluding hydrogens is 529 g/mol. The Labute approximate surface area is 228 Å². The number of nitrogens with zero attached hydrogens (tertiary/aromatic N) is 1. The molecule has 2 rings (SSSR count). The number of nitrogens with two attached hydrogens (primary N) is 1. The molecule has 39 heavy (non-hydrogen) atoms. The van der Waals surface area contributed by atoms with Crippen LogP contribution in [0.4, 0.5) is 5.69 Å². The third kappa shape index (κ3) is 11.8. The Hall–Kier alpha value is -3.47. The number of esters is 2. The predicted molar refractivity (Wildman–Crippen MR) is 147 cm³/mol. The second-order valence-electron chi connectivity index (χ2n) is 9.35. The lowest BCUT2D eigenvalue weighted by molar-refractivity contribution is -0.384. The molecule has 13 heteroatoms. The van der Waals surface area contributed by atoms with Crippen LogP contribution < -0.4 is 19.9 Å². The molecule has 2 aromatic carbocycles. The predicted octanol–water partition coefficient (Wildman–Crippen LogP) is 4.90. The van der Waals surface area contributed by atoms with Crippen molar-refractivity contribution in [2.45, 2.75) is 66.0 Å². The Morgan fingerprint density at radius 3 is 1.72 bits per heavy atom. The fourth-order valence-corrected chi connectivity index (χ4v) is 4.35. The van der Waals surface area contributed by atoms with Gasteiger partial charge in [0.25, 0.3) is 5.69 Å². The minimum Gasteiger partial charge on any atom is -0.465 e. The van der Waals surface area contributed by atoms with Crippen LogP contribution in [0.3, 0.4) is 0 Å². The van der Waals surface area contributed by atoms with Crippen LogP contribution in [0.25, 0.3) is 0 Å². The van der Waals surface area contributed by atoms with Gasteiger partial charge in [-0.2, -0.15) is 5.09 Å². The zero-order chi connectivity index (χ0) is 29.8. The molecule has 0 heterocycles. The summed E-state index contributed by atoms with van der Waals surface area (Å²) in [6, 6.07) is 10.6. The van der Waals surface area contributed by atoms with Gasteiger partial charge in [-0.3, -0.25) is 19.7 Å². The number of nitro benzene ring substituents is 1. The third-order valence-electron chi connectivity index (χ3n) is 4.87. The van der Waals surface area contributed by atoms with Crippen molar-refractivity contribution in [2.24, 2.45) is 5.73 Å². The van der Waals surface area contributed by atoms with Crippen LogP contribution in [-0.2, 0) is 29.0 Å². The van der Waals surface area contributed by atoms with Gasteiger partial charge in [-0.25, -0.2) is 4.57 Å². The second kappa shape index (κ2) is 15.2. The first-order chi connectivity index (χ1) is 18.1. The maximum absolute atomic E-state index is 13.5. The van der Waals surface area contributed by atoms with E-state index in [9.17, 15) is 24.3 Å². The van der Waals surface area contributed by atoms with Crippen LogP contribution in [0.2, 0.25) is 0 Å². The Morgan fingerprint density at radius 2 is 1.36 bits per heavy atom. The monoisotopic (exact) mass is 567 g/mol. The Kier molecular flexibility index (Phi) is 13.1. The van der Waals surface area contributed by atoms with E-state index in [0.717, 1.165) is 5.56 Å². The highest BCUT2D eigenvalue weighted by Gasteiger charge is 2.34. The van der Waals surface area contributed by atoms with Gasteiger partial charge >= 0.3 is 19.7 Å². The van der Waals surface area contributed by atoms with Crippen molar-refractivity contribution in [3.63, 3.8) is 0 Å². The minimum atomic E-state index is -4.11. The van der Waals surface area contributed by atoms with Crippen molar-refractivity contribution >= 4 is 25.4 Å². The van der Waals surface area contributed by atoms with Gasteiger partial charge in [-0.15, -0.1) is 0 Å². The van der Waals surface area contributed by atoms with E-state index in [1.54, 1.807) is 32.9 Å². The molecule has 0 saturated heterocycles. The molecule has 2 aromatic rings. The maximum Gasteiger partial charge on any atom is 0.513 e. The van der Waals surface area contributed by atoms with Crippen molar-refractivity contribution < 1.29 is 37.6 Å². The number of non-ortho nitro benzene ring substituents is 1. The third-order valence-corrected chi connectivity index (χ3v) is 6.48. The molecule has 0 radical (unpaired) electrons. The van der Waals surface area contributed by atoms with Crippen LogP contribution in [-0.4, -0.2) is 42.2 Å². The van der Waals surface area contributed by atoms with E-state index in [1.807, 2.05) is 12.1 Å². The van der Waals surface area contributed by atoms with Gasteiger partial charge in [0.2, 0.25) is 0 Å². The summed E-state index contributed by atoms with van der Waals surface area (Å²) in [4.78, 5) is 32.7. The summed E-state index contributed by atoms with van der Waals surface area (Å²) in [7, 11) is -4.11. The van der Waals surface area contributed by atoms with E-state index in [2.05, 4.69) is 30.6 Å². The Bertz CT molecular complexity index is 1130. The topological polar surface area (TPSA) is 169 Å². The summed E-state index contributed by atoms with van der Waals surface area (Å²) in [5.41, 5.74) is 5.98. The minimum absolute atomic E-state index is 0.0730. The lowest BCUT2D eigenvalue weighted by Gasteiger charge is -2.24. The van der Waals surface area contributed by atoms with Crippen LogP contribution in [0.1, 0.15) is 54.0 Å². The van der Waals surface area contributed by atoms with Gasteiger partial charge in [-0.05, 0) is 62.9 Å². The van der Waals surface area contributed by atoms with Crippen LogP contribution >= 0.6 is 7.75 Å². The van der Waals surface area contributed by atoms with Crippen LogP contribution in [0.15, 0.2) is 48.5 Å². The van der Waals surface area contributed by atoms with Crippen molar-refractivity contribution in [1.29, 1.82) is 0 Å². The molecule has 0 aliphatic carbocycles. The van der Waals surface area contributed by atoms with Gasteiger partial charge in [0.05, 0.1) is 18.1 Å². The van der Waals surface area contributed by atoms with Gasteiger partial charge in [-0.1, -0.05) is 32.9 Å². The summed E-state index contributed by atoms with van der Waals surface area (Å²) in [6.45, 7) is 13.2. The normalized spacial score (nSPS) is 13.9. The second-order valence-corrected chi connectivity index (χ2v) is 11.0. The quantitative estimate of drug-likeness (QED) is 0.164. The number of hydrogen-bond acceptors (Lipinski definition) is 10. The van der Waals surface area contributed by atoms with E-state index in [-0.39, 0.29) is 35.2 Å². The van der Waals surface area contributed by atoms with E-state index in [1.165, 1.54) is 31.2 Å². The molecule has 3 atom stereocenters. The molecule has 0 aliphatic rings. The van der Waals surface area contributed by atoms with Gasteiger partial charge in [0, 0.05) is 12.1 Å². The van der Waals surface area contributed by atoms with Gasteiger partial charge in [0.1, 0.15) is 23.6 Å². The van der Waals surface area contributed by atoms with Gasteiger partial charge in [0.15, 0.2) is 0 Å². The maximum atomic E-state index is 13.5. The van der Waals surface area contributed by atoms with Crippen LogP contribution in [0.5, 0.6) is 11.5 Å². The van der Waals surface area contributed by atoms with Crippen molar-refractivity contribution in [3.05, 3.63) is 64.2 Å². The average molecular weight is 568 g/mol. The van der Waals surface area contributed by atoms with E-state index < -0.39 is 30.7 Å². The molecule has 0 fully saturated rings. The Balaban J connectivity index is 0.000000824. The molecular formula is C26H38N3O9P. The molecule has 0 bridgehead atoms. The largest absolute Gasteiger partial charge is 0.513 e. The summed E-state index contributed by atoms with van der Waals surface area (Å²) in [5.74, 6) is -0.625. The average Bonchev–Trinajstić information content (AvgIpc) is 2.84. The molecule has 12 nitrogen and oxygen atoms in total. The summed E-state index contributed by atoms with van der Waals surface area (Å²) in [6.07, 6.45) is 0. The fraction of sp³-hybridized carbons (Fsp3) is 0.462. The van der Waals surface area contributed by atoms with Crippen molar-refractivity contribution in [3.8, 4) is 11.5 Å². The highest BCUT2D eigenvalue weighted by molar-refractivity contribution is 7.52. The Morgan fingerprint density at radius 1 is 0.923 bits per heavy atom. The van der Waals surface area contributed by atoms with Gasteiger partial charge < -0.3 is 24.3 Å². The number of hydrogen-bond donors (Lipinski definition) is 2. The summed E-state index contributed by atoms with van der Waals surface area (Å²) >= 11 is 0. The number of carbonyl (C=O) groups is 2. The molecule has 0 aliphatic heterocycles. The van der Waals surface area contributed by atoms with E-state index in [4.69, 9.17) is 19.5 Å². The number of benzene rings is 2. The highest BCUT2D eigenvalue weighted by atomic mass is 31.2. The summed E-state index contributed by atoms with van der Waals surface area (Å²) in [5, 5.41) is 13.4. The zero-order valence-corrected chi connectivity index (χ0v) is 24.2. The number of carbonyl (C=O) groups excluding carboxylic acids is 2. The SMILES string of the molecule is CCOC(=O)[C@H](C)N.CCOC(=O)[C@H](C)NP(=O)(Oc1ccc([N+](=O)[O-])cc1)Oc1ccc(C(C)(C)C)cc1. The molecule has 0 spiro atoms. The van der Waals surface area contributed by atoms with E-state index >= 15 is 0 Å². The molecule has 0 saturated carbocycles. The number of nitro groups is 1. The first kappa shape index (κ1) is 33.6. The lowest BCUT2D eigenvalue weighted by Crippen LogP contribution is -2.35. The van der Waals surface area contributed by atoms with Crippen LogP contribution in [0, 0.1) is 10.1 Å². The highest BCUT2D eigenvalue weighted by Crippen LogP contribution is 2.46. The first-order valence-electron chi connectivity index (χ1n) is 12.3. The number of ether oxygens (including phenoxy) is 2. The molecule has 216 valence electrons. The standard InChI is InChI=1S/C21H27N2O7P.C5H11NO2/c1-6-28-20(24)15(2)22-31(27,30-19-13-9-17(10-14-19)23(25)26)29-18-11-7-16(8-12-18)21(3,4)5;1-3-8-5(7)4(2)6/h7-15H,6H2,1-5H3,(H,22,27);4H,3,6H2,1-2H3/t15-,31?;4-/m00/s1. The lowest BCUT2D eigenvalue weighted by atomic mass is 9.87. The molecule has 3 N–H and O–H groups in total. The number of rotatable bonds is 11. The van der Waals surface area contributed by atoms with E-state index in [0.29, 0.717) is 6.61 Å². The zero-order valence-electron chi connectivity index (χ0n) is 23.3. The van der Waals surface area contributed by atoms with Crippen molar-refractivity contribution in [1.82, 2.24) is 5.09 Å². The summed E-state index contributed by atoms with van der Waals surface area (Å²) < 4.78 is 34.1. The number of nitrogens with one attached hydrogen (secondary N) is 1. The fourth-order valence-electron chi connectivity index (χ4n) is 2.82. The first-order valence-corrected chi connectivity index (χ1v) is 13.9. The molecule has 1 unspecified atom stereocenters. The smallest absolute Gasteiger partial charge is 0.465 e. The van der Waals surface area contributed by atoms with Crippen molar-refractivity contribution in [2.75, 3.05) is 13.2 Å². The molecule has 0 amide bonds.